The molecule has 2 amide bonds. The molecule has 0 atom stereocenters. The van der Waals surface area contributed by atoms with Gasteiger partial charge < -0.3 is 14.5 Å². The Kier molecular flexibility index (Phi) is 5.55. The van der Waals surface area contributed by atoms with Crippen LogP contribution in [0.2, 0.25) is 0 Å². The second-order valence-corrected chi connectivity index (χ2v) is 10.8. The zero-order valence-corrected chi connectivity index (χ0v) is 21.1. The summed E-state index contributed by atoms with van der Waals surface area (Å²) in [5.41, 5.74) is 1.74. The van der Waals surface area contributed by atoms with Crippen molar-refractivity contribution in [2.24, 2.45) is 0 Å². The van der Waals surface area contributed by atoms with E-state index in [-0.39, 0.29) is 31.5 Å². The number of fused-ring (bicyclic) bond motifs is 3. The standard InChI is InChI=1S/C26H25BrF2N4O3/c27-19-2-1-3-21-23(19)25(24(35)33(21)14-22(34)32-11-10-26(28,29)15-32)8-6-17(7-9-25)36-18-4-5-20-16(12-18)13-30-31-20/h1-5,12-13,17H,6-11,14-15H2,(H,30,31). The van der Waals surface area contributed by atoms with E-state index in [4.69, 9.17) is 4.74 Å². The van der Waals surface area contributed by atoms with E-state index in [1.165, 1.54) is 4.90 Å². The molecule has 0 unspecified atom stereocenters. The highest BCUT2D eigenvalue weighted by atomic mass is 79.9. The maximum Gasteiger partial charge on any atom is 0.267 e. The summed E-state index contributed by atoms with van der Waals surface area (Å²) in [5.74, 6) is -2.69. The van der Waals surface area contributed by atoms with Crippen molar-refractivity contribution in [3.05, 3.63) is 52.6 Å². The monoisotopic (exact) mass is 558 g/mol. The van der Waals surface area contributed by atoms with Crippen LogP contribution in [0.4, 0.5) is 14.5 Å². The molecule has 1 aromatic heterocycles. The van der Waals surface area contributed by atoms with Crippen LogP contribution in [0.1, 0.15) is 37.7 Å². The summed E-state index contributed by atoms with van der Waals surface area (Å²) in [7, 11) is 0. The number of halogens is 3. The molecule has 10 heteroatoms. The number of ether oxygens (including phenoxy) is 1. The lowest BCUT2D eigenvalue weighted by atomic mass is 9.69. The van der Waals surface area contributed by atoms with Crippen molar-refractivity contribution in [3.63, 3.8) is 0 Å². The van der Waals surface area contributed by atoms with E-state index >= 15 is 0 Å². The Bertz CT molecular complexity index is 1350. The van der Waals surface area contributed by atoms with Crippen molar-refractivity contribution < 1.29 is 23.1 Å². The number of nitrogens with zero attached hydrogens (tertiary/aromatic N) is 3. The molecule has 2 aromatic carbocycles. The third-order valence-corrected chi connectivity index (χ3v) is 8.39. The van der Waals surface area contributed by atoms with Crippen LogP contribution in [-0.4, -0.2) is 58.6 Å². The molecule has 0 radical (unpaired) electrons. The fraction of sp³-hybridized carbons (Fsp3) is 0.423. The number of carbonyl (C=O) groups excluding carboxylic acids is 2. The molecule has 36 heavy (non-hydrogen) atoms. The number of rotatable bonds is 4. The van der Waals surface area contributed by atoms with Crippen LogP contribution in [0.3, 0.4) is 0 Å². The lowest BCUT2D eigenvalue weighted by molar-refractivity contribution is -0.132. The minimum absolute atomic E-state index is 0.00791. The number of hydrogen-bond acceptors (Lipinski definition) is 4. The second kappa shape index (κ2) is 8.54. The van der Waals surface area contributed by atoms with E-state index in [1.807, 2.05) is 36.4 Å². The van der Waals surface area contributed by atoms with Crippen molar-refractivity contribution in [2.75, 3.05) is 24.5 Å². The number of anilines is 1. The third kappa shape index (κ3) is 3.86. The van der Waals surface area contributed by atoms with Crippen molar-refractivity contribution in [2.45, 2.75) is 49.5 Å². The minimum atomic E-state index is -2.87. The predicted molar refractivity (Wildman–Crippen MR) is 133 cm³/mol. The fourth-order valence-corrected chi connectivity index (χ4v) is 6.61. The van der Waals surface area contributed by atoms with Gasteiger partial charge in [-0.2, -0.15) is 5.10 Å². The first-order valence-electron chi connectivity index (χ1n) is 12.1. The van der Waals surface area contributed by atoms with Gasteiger partial charge >= 0.3 is 0 Å². The molecule has 1 N–H and O–H groups in total. The first-order valence-corrected chi connectivity index (χ1v) is 12.9. The average molecular weight is 559 g/mol. The number of nitrogens with one attached hydrogen (secondary N) is 1. The first-order chi connectivity index (χ1) is 17.3. The van der Waals surface area contributed by atoms with Gasteiger partial charge in [0, 0.05) is 34.1 Å². The Morgan fingerprint density at radius 3 is 2.75 bits per heavy atom. The van der Waals surface area contributed by atoms with E-state index in [0.29, 0.717) is 31.4 Å². The number of carbonyl (C=O) groups is 2. The van der Waals surface area contributed by atoms with Crippen molar-refractivity contribution in [1.82, 2.24) is 15.1 Å². The summed E-state index contributed by atoms with van der Waals surface area (Å²) in [6.07, 6.45) is 3.88. The Hall–Kier alpha value is -3.01. The lowest BCUT2D eigenvalue weighted by Crippen LogP contribution is -2.48. The van der Waals surface area contributed by atoms with E-state index in [9.17, 15) is 18.4 Å². The van der Waals surface area contributed by atoms with Gasteiger partial charge in [-0.1, -0.05) is 22.0 Å². The molecule has 3 aliphatic rings. The molecule has 1 saturated carbocycles. The van der Waals surface area contributed by atoms with Crippen molar-refractivity contribution in [1.29, 1.82) is 0 Å². The molecule has 1 aliphatic carbocycles. The molecule has 188 valence electrons. The van der Waals surface area contributed by atoms with Gasteiger partial charge in [0.15, 0.2) is 0 Å². The molecule has 2 aliphatic heterocycles. The van der Waals surface area contributed by atoms with E-state index in [1.54, 1.807) is 6.20 Å². The van der Waals surface area contributed by atoms with Gasteiger partial charge in [0.05, 0.1) is 29.8 Å². The minimum Gasteiger partial charge on any atom is -0.490 e. The van der Waals surface area contributed by atoms with Gasteiger partial charge in [-0.15, -0.1) is 0 Å². The molecular formula is C26H25BrF2N4O3. The summed E-state index contributed by atoms with van der Waals surface area (Å²) in [5, 5.41) is 7.94. The topological polar surface area (TPSA) is 78.5 Å². The molecule has 0 bridgehead atoms. The molecule has 3 aromatic rings. The highest BCUT2D eigenvalue weighted by molar-refractivity contribution is 9.10. The molecule has 6 rings (SSSR count). The van der Waals surface area contributed by atoms with E-state index in [0.717, 1.165) is 31.6 Å². The third-order valence-electron chi connectivity index (χ3n) is 7.73. The zero-order chi connectivity index (χ0) is 25.1. The summed E-state index contributed by atoms with van der Waals surface area (Å²) < 4.78 is 34.4. The Labute approximate surface area is 214 Å². The van der Waals surface area contributed by atoms with Gasteiger partial charge in [-0.25, -0.2) is 8.78 Å². The van der Waals surface area contributed by atoms with Gasteiger partial charge in [0.1, 0.15) is 12.3 Å². The van der Waals surface area contributed by atoms with Gasteiger partial charge in [0.2, 0.25) is 11.8 Å². The summed E-state index contributed by atoms with van der Waals surface area (Å²) in [6.45, 7) is -0.813. The van der Waals surface area contributed by atoms with Crippen LogP contribution in [0.5, 0.6) is 5.75 Å². The summed E-state index contributed by atoms with van der Waals surface area (Å²) in [4.78, 5) is 29.4. The fourth-order valence-electron chi connectivity index (χ4n) is 5.88. The number of aromatic nitrogens is 2. The average Bonchev–Trinajstić information content (AvgIpc) is 3.53. The summed E-state index contributed by atoms with van der Waals surface area (Å²) >= 11 is 3.63. The first kappa shape index (κ1) is 23.4. The maximum absolute atomic E-state index is 13.9. The molecule has 2 fully saturated rings. The van der Waals surface area contributed by atoms with Crippen molar-refractivity contribution in [3.8, 4) is 5.75 Å². The Morgan fingerprint density at radius 2 is 2.00 bits per heavy atom. The number of amides is 2. The largest absolute Gasteiger partial charge is 0.490 e. The Morgan fingerprint density at radius 1 is 1.19 bits per heavy atom. The SMILES string of the molecule is O=C(CN1C(=O)C2(CCC(Oc3ccc4[nH]ncc4c3)CC2)c2c(Br)cccc21)N1CCC(F)(F)C1. The molecule has 1 saturated heterocycles. The maximum atomic E-state index is 13.9. The van der Waals surface area contributed by atoms with E-state index in [2.05, 4.69) is 26.1 Å². The Balaban J connectivity index is 1.21. The number of aromatic amines is 1. The van der Waals surface area contributed by atoms with Crippen LogP contribution in [0, 0.1) is 0 Å². The zero-order valence-electron chi connectivity index (χ0n) is 19.5. The van der Waals surface area contributed by atoms with Crippen LogP contribution in [-0.2, 0) is 15.0 Å². The van der Waals surface area contributed by atoms with Crippen LogP contribution >= 0.6 is 15.9 Å². The van der Waals surface area contributed by atoms with Gasteiger partial charge in [0.25, 0.3) is 5.92 Å². The van der Waals surface area contributed by atoms with E-state index < -0.39 is 23.8 Å². The number of benzene rings is 2. The molecule has 1 spiro atoms. The predicted octanol–water partition coefficient (Wildman–Crippen LogP) is 4.80. The van der Waals surface area contributed by atoms with Gasteiger partial charge in [-0.3, -0.25) is 14.7 Å². The molecule has 7 nitrogen and oxygen atoms in total. The molecular weight excluding hydrogens is 534 g/mol. The van der Waals surface area contributed by atoms with Crippen molar-refractivity contribution >= 4 is 44.3 Å². The molecule has 3 heterocycles. The van der Waals surface area contributed by atoms with Gasteiger partial charge in [-0.05, 0) is 56.0 Å². The quantitative estimate of drug-likeness (QED) is 0.499. The number of likely N-dealkylation sites (tertiary alicyclic amines) is 1. The van der Waals surface area contributed by atoms with Crippen LogP contribution in [0.25, 0.3) is 10.9 Å². The summed E-state index contributed by atoms with van der Waals surface area (Å²) in [6, 6.07) is 11.4. The normalized spacial score (nSPS) is 25.1. The number of hydrogen-bond donors (Lipinski definition) is 1. The highest BCUT2D eigenvalue weighted by Crippen LogP contribution is 2.53. The second-order valence-electron chi connectivity index (χ2n) is 9.96. The number of alkyl halides is 2. The van der Waals surface area contributed by atoms with Crippen LogP contribution in [0.15, 0.2) is 47.1 Å². The number of H-pyrrole nitrogens is 1. The highest BCUT2D eigenvalue weighted by Gasteiger charge is 2.54. The van der Waals surface area contributed by atoms with Crippen LogP contribution < -0.4 is 9.64 Å². The smallest absolute Gasteiger partial charge is 0.267 e. The lowest BCUT2D eigenvalue weighted by Gasteiger charge is -2.36.